The molecule has 0 radical (unpaired) electrons. The van der Waals surface area contributed by atoms with Gasteiger partial charge in [0.15, 0.2) is 0 Å². The number of carbonyl (C=O) groups excluding carboxylic acids is 1. The number of ether oxygens (including phenoxy) is 1. The maximum atomic E-state index is 12.3. The Labute approximate surface area is 153 Å². The first-order chi connectivity index (χ1) is 12.7. The Morgan fingerprint density at radius 2 is 2.15 bits per heavy atom. The number of nitrogens with zero attached hydrogens (tertiary/aromatic N) is 3. The Morgan fingerprint density at radius 1 is 1.27 bits per heavy atom. The molecule has 1 amide bonds. The van der Waals surface area contributed by atoms with Gasteiger partial charge < -0.3 is 10.1 Å². The van der Waals surface area contributed by atoms with E-state index >= 15 is 0 Å². The Bertz CT molecular complexity index is 713. The molecule has 7 heteroatoms. The third-order valence-corrected chi connectivity index (χ3v) is 5.71. The van der Waals surface area contributed by atoms with E-state index in [2.05, 4.69) is 15.3 Å². The summed E-state index contributed by atoms with van der Waals surface area (Å²) in [4.78, 5) is 26.6. The molecular weight excluding hydrogens is 332 g/mol. The number of rotatable bonds is 6. The lowest BCUT2D eigenvalue weighted by Crippen LogP contribution is -2.48. The van der Waals surface area contributed by atoms with Gasteiger partial charge in [-0.25, -0.2) is 4.68 Å². The summed E-state index contributed by atoms with van der Waals surface area (Å²) in [5.41, 5.74) is 1.86. The van der Waals surface area contributed by atoms with Crippen LogP contribution in [-0.4, -0.2) is 52.9 Å². The zero-order valence-corrected chi connectivity index (χ0v) is 15.3. The molecule has 0 spiro atoms. The zero-order chi connectivity index (χ0) is 17.9. The summed E-state index contributed by atoms with van der Waals surface area (Å²) in [7, 11) is 0. The predicted molar refractivity (Wildman–Crippen MR) is 96.8 cm³/mol. The molecular formula is C19H28N4O3. The molecule has 1 aliphatic carbocycles. The van der Waals surface area contributed by atoms with Crippen molar-refractivity contribution in [2.24, 2.45) is 5.92 Å². The fourth-order valence-electron chi connectivity index (χ4n) is 3.93. The molecule has 1 saturated carbocycles. The topological polar surface area (TPSA) is 76.5 Å². The monoisotopic (exact) mass is 360 g/mol. The maximum Gasteiger partial charge on any atom is 0.267 e. The van der Waals surface area contributed by atoms with Crippen molar-refractivity contribution in [2.45, 2.75) is 57.7 Å². The fourth-order valence-corrected chi connectivity index (χ4v) is 3.93. The van der Waals surface area contributed by atoms with Gasteiger partial charge in [-0.05, 0) is 32.2 Å². The van der Waals surface area contributed by atoms with Crippen LogP contribution in [0.3, 0.4) is 0 Å². The predicted octanol–water partition coefficient (Wildman–Crippen LogP) is 0.697. The number of hydrogen-bond acceptors (Lipinski definition) is 5. The second-order valence-electron chi connectivity index (χ2n) is 7.69. The summed E-state index contributed by atoms with van der Waals surface area (Å²) >= 11 is 0. The molecule has 142 valence electrons. The molecule has 2 aliphatic heterocycles. The van der Waals surface area contributed by atoms with Crippen LogP contribution in [0.5, 0.6) is 0 Å². The number of nitrogens with one attached hydrogen (secondary N) is 1. The van der Waals surface area contributed by atoms with Crippen LogP contribution in [0.15, 0.2) is 10.9 Å². The van der Waals surface area contributed by atoms with E-state index in [-0.39, 0.29) is 17.4 Å². The quantitative estimate of drug-likeness (QED) is 0.808. The van der Waals surface area contributed by atoms with E-state index in [0.29, 0.717) is 25.8 Å². The van der Waals surface area contributed by atoms with Gasteiger partial charge in [0.05, 0.1) is 25.5 Å². The molecule has 0 bridgehead atoms. The van der Waals surface area contributed by atoms with Crippen molar-refractivity contribution < 1.29 is 9.53 Å². The van der Waals surface area contributed by atoms with Gasteiger partial charge in [0, 0.05) is 43.1 Å². The third kappa shape index (κ3) is 4.15. The molecule has 1 unspecified atom stereocenters. The van der Waals surface area contributed by atoms with E-state index in [4.69, 9.17) is 4.74 Å². The van der Waals surface area contributed by atoms with Crippen molar-refractivity contribution in [2.75, 3.05) is 26.2 Å². The minimum Gasteiger partial charge on any atom is -0.376 e. The van der Waals surface area contributed by atoms with Gasteiger partial charge in [0.25, 0.3) is 5.56 Å². The van der Waals surface area contributed by atoms with Gasteiger partial charge in [-0.3, -0.25) is 14.5 Å². The summed E-state index contributed by atoms with van der Waals surface area (Å²) < 4.78 is 6.99. The summed E-state index contributed by atoms with van der Waals surface area (Å²) in [6, 6.07) is 2.04. The highest BCUT2D eigenvalue weighted by Crippen LogP contribution is 2.28. The number of fused-ring (bicyclic) bond motifs is 1. The largest absolute Gasteiger partial charge is 0.376 e. The zero-order valence-electron chi connectivity index (χ0n) is 15.3. The molecule has 3 aliphatic rings. The van der Waals surface area contributed by atoms with Crippen molar-refractivity contribution in [3.63, 3.8) is 0 Å². The smallest absolute Gasteiger partial charge is 0.267 e. The van der Waals surface area contributed by atoms with Crippen molar-refractivity contribution in [3.05, 3.63) is 27.7 Å². The van der Waals surface area contributed by atoms with Crippen LogP contribution in [0.25, 0.3) is 0 Å². The van der Waals surface area contributed by atoms with Crippen molar-refractivity contribution in [3.8, 4) is 0 Å². The highest BCUT2D eigenvalue weighted by atomic mass is 16.5. The lowest BCUT2D eigenvalue weighted by atomic mass is 10.0. The molecule has 1 aromatic heterocycles. The molecule has 1 atom stereocenters. The Morgan fingerprint density at radius 3 is 3.00 bits per heavy atom. The van der Waals surface area contributed by atoms with Crippen LogP contribution in [0.4, 0.5) is 0 Å². The number of likely N-dealkylation sites (tertiary alicyclic amines) is 1. The Balaban J connectivity index is 1.35. The average Bonchev–Trinajstić information content (AvgIpc) is 3.50. The maximum absolute atomic E-state index is 12.3. The summed E-state index contributed by atoms with van der Waals surface area (Å²) in [5, 5.41) is 7.67. The third-order valence-electron chi connectivity index (χ3n) is 5.71. The fraction of sp³-hybridized carbons (Fsp3) is 0.737. The minimum atomic E-state index is -0.0511. The van der Waals surface area contributed by atoms with Crippen LogP contribution < -0.4 is 10.9 Å². The molecule has 2 fully saturated rings. The van der Waals surface area contributed by atoms with Crippen LogP contribution in [0, 0.1) is 5.92 Å². The van der Waals surface area contributed by atoms with Gasteiger partial charge in [-0.15, -0.1) is 0 Å². The SMILES string of the molecule is O=C(NCC1CCCCN1CCn1nc2c(cc1=O)COCC2)C1CC1. The van der Waals surface area contributed by atoms with Crippen LogP contribution in [0.2, 0.25) is 0 Å². The lowest BCUT2D eigenvalue weighted by Gasteiger charge is -2.35. The van der Waals surface area contributed by atoms with E-state index in [1.165, 1.54) is 12.8 Å². The Kier molecular flexibility index (Phi) is 5.36. The van der Waals surface area contributed by atoms with E-state index < -0.39 is 0 Å². The number of amides is 1. The van der Waals surface area contributed by atoms with E-state index in [1.54, 1.807) is 10.7 Å². The van der Waals surface area contributed by atoms with Crippen LogP contribution in [-0.2, 0) is 29.1 Å². The van der Waals surface area contributed by atoms with E-state index in [9.17, 15) is 9.59 Å². The molecule has 1 N–H and O–H groups in total. The number of hydrogen-bond donors (Lipinski definition) is 1. The van der Waals surface area contributed by atoms with Gasteiger partial charge in [-0.1, -0.05) is 6.42 Å². The van der Waals surface area contributed by atoms with Crippen molar-refractivity contribution in [1.82, 2.24) is 20.0 Å². The first-order valence-corrected chi connectivity index (χ1v) is 9.90. The van der Waals surface area contributed by atoms with Gasteiger partial charge >= 0.3 is 0 Å². The summed E-state index contributed by atoms with van der Waals surface area (Å²) in [5.74, 6) is 0.472. The minimum absolute atomic E-state index is 0.0511. The van der Waals surface area contributed by atoms with Crippen LogP contribution >= 0.6 is 0 Å². The van der Waals surface area contributed by atoms with Gasteiger partial charge in [0.1, 0.15) is 0 Å². The van der Waals surface area contributed by atoms with Crippen LogP contribution in [0.1, 0.15) is 43.4 Å². The molecule has 0 aromatic carbocycles. The first-order valence-electron chi connectivity index (χ1n) is 9.90. The molecule has 1 aromatic rings. The number of piperidine rings is 1. The molecule has 7 nitrogen and oxygen atoms in total. The normalized spacial score (nSPS) is 23.5. The van der Waals surface area contributed by atoms with Crippen molar-refractivity contribution in [1.29, 1.82) is 0 Å². The highest BCUT2D eigenvalue weighted by molar-refractivity contribution is 5.80. The van der Waals surface area contributed by atoms with E-state index in [0.717, 1.165) is 56.6 Å². The van der Waals surface area contributed by atoms with Gasteiger partial charge in [-0.2, -0.15) is 5.10 Å². The first kappa shape index (κ1) is 17.7. The highest BCUT2D eigenvalue weighted by Gasteiger charge is 2.30. The Hall–Kier alpha value is -1.73. The van der Waals surface area contributed by atoms with E-state index in [1.807, 2.05) is 0 Å². The second-order valence-corrected chi connectivity index (χ2v) is 7.69. The molecule has 3 heterocycles. The summed E-state index contributed by atoms with van der Waals surface area (Å²) in [6.07, 6.45) is 6.34. The second kappa shape index (κ2) is 7.88. The molecule has 1 saturated heterocycles. The van der Waals surface area contributed by atoms with Gasteiger partial charge in [0.2, 0.25) is 5.91 Å². The lowest BCUT2D eigenvalue weighted by molar-refractivity contribution is -0.122. The molecule has 26 heavy (non-hydrogen) atoms. The number of carbonyl (C=O) groups is 1. The number of aromatic nitrogens is 2. The summed E-state index contributed by atoms with van der Waals surface area (Å²) in [6.45, 7) is 4.31. The van der Waals surface area contributed by atoms with Crippen molar-refractivity contribution >= 4 is 5.91 Å². The average molecular weight is 360 g/mol. The molecule has 4 rings (SSSR count). The standard InChI is InChI=1S/C19H28N4O3/c24-18-11-15-13-26-10-6-17(15)21-23(18)9-8-22-7-2-1-3-16(22)12-20-19(25)14-4-5-14/h11,14,16H,1-10,12-13H2,(H,20,25).